The van der Waals surface area contributed by atoms with Gasteiger partial charge in [0.15, 0.2) is 0 Å². The van der Waals surface area contributed by atoms with Crippen molar-refractivity contribution in [2.45, 2.75) is 29.3 Å². The molecule has 10 heteroatoms. The zero-order valence-corrected chi connectivity index (χ0v) is 25.9. The van der Waals surface area contributed by atoms with Crippen LogP contribution in [0.1, 0.15) is 11.1 Å². The molecule has 4 aromatic carbocycles. The highest BCUT2D eigenvalue weighted by Crippen LogP contribution is 2.46. The van der Waals surface area contributed by atoms with Gasteiger partial charge in [0, 0.05) is 15.6 Å². The second-order valence-corrected chi connectivity index (χ2v) is 12.7. The average Bonchev–Trinajstić information content (AvgIpc) is 3.07. The summed E-state index contributed by atoms with van der Waals surface area (Å²) in [5.74, 6) is -0.825. The van der Waals surface area contributed by atoms with Gasteiger partial charge in [0.25, 0.3) is 5.91 Å². The maximum Gasteiger partial charge on any atom is 0.356 e. The number of nitrogens with one attached hydrogen (secondary N) is 1. The van der Waals surface area contributed by atoms with Gasteiger partial charge in [-0.3, -0.25) is 14.5 Å². The lowest BCUT2D eigenvalue weighted by Gasteiger charge is -2.49. The van der Waals surface area contributed by atoms with Crippen molar-refractivity contribution in [1.29, 1.82) is 0 Å². The molecule has 0 bridgehead atoms. The Hall–Kier alpha value is -4.54. The molecule has 6 rings (SSSR count). The highest BCUT2D eigenvalue weighted by atomic mass is 32.2. The van der Waals surface area contributed by atoms with Crippen LogP contribution in [0.25, 0.3) is 11.1 Å². The van der Waals surface area contributed by atoms with Gasteiger partial charge in [0.05, 0.1) is 13.5 Å². The molecular weight excluding hydrogens is 612 g/mol. The Labute approximate surface area is 268 Å². The smallest absolute Gasteiger partial charge is 0.356 e. The van der Waals surface area contributed by atoms with E-state index in [0.29, 0.717) is 21.3 Å². The third kappa shape index (κ3) is 6.77. The molecule has 2 aliphatic heterocycles. The van der Waals surface area contributed by atoms with E-state index in [9.17, 15) is 14.4 Å². The van der Waals surface area contributed by atoms with Crippen LogP contribution in [0.15, 0.2) is 119 Å². The molecule has 0 aliphatic carbocycles. The maximum absolute atomic E-state index is 15.4. The molecule has 2 atom stereocenters. The van der Waals surface area contributed by atoms with Crippen molar-refractivity contribution < 1.29 is 28.2 Å². The number of thioether (sulfide) groups is 2. The van der Waals surface area contributed by atoms with E-state index in [1.54, 1.807) is 37.4 Å². The molecule has 45 heavy (non-hydrogen) atoms. The molecule has 7 nitrogen and oxygen atoms in total. The number of hydrogen-bond donors (Lipinski definition) is 1. The first-order chi connectivity index (χ1) is 21.9. The second-order valence-electron chi connectivity index (χ2n) is 10.4. The molecule has 0 unspecified atom stereocenters. The second kappa shape index (κ2) is 13.6. The zero-order chi connectivity index (χ0) is 31.3. The van der Waals surface area contributed by atoms with Gasteiger partial charge < -0.3 is 14.8 Å². The lowest BCUT2D eigenvalue weighted by Crippen LogP contribution is -2.70. The zero-order valence-electron chi connectivity index (χ0n) is 24.3. The van der Waals surface area contributed by atoms with Crippen molar-refractivity contribution in [2.24, 2.45) is 0 Å². The SMILES string of the molecule is COc1ccc(COC(=O)C2=C(Sc3ccc(-c4ccccc4)cc3F)CS[C@H]3[C@H](NC(=O)Cc4ccccc4)C(=O)N23)cc1. The summed E-state index contributed by atoms with van der Waals surface area (Å²) in [7, 11) is 1.57. The van der Waals surface area contributed by atoms with E-state index in [-0.39, 0.29) is 24.6 Å². The molecule has 0 saturated carbocycles. The van der Waals surface area contributed by atoms with Gasteiger partial charge in [0.2, 0.25) is 5.91 Å². The Balaban J connectivity index is 1.23. The molecule has 4 aromatic rings. The van der Waals surface area contributed by atoms with Crippen LogP contribution in [0.4, 0.5) is 4.39 Å². The minimum atomic E-state index is -0.788. The van der Waals surface area contributed by atoms with Gasteiger partial charge in [0.1, 0.15) is 35.3 Å². The first-order valence-electron chi connectivity index (χ1n) is 14.3. The third-order valence-corrected chi connectivity index (χ3v) is 10.0. The Morgan fingerprint density at radius 3 is 2.33 bits per heavy atom. The maximum atomic E-state index is 15.4. The van der Waals surface area contributed by atoms with E-state index in [2.05, 4.69) is 5.32 Å². The molecule has 1 N–H and O–H groups in total. The number of carbonyl (C=O) groups is 3. The minimum Gasteiger partial charge on any atom is -0.497 e. The topological polar surface area (TPSA) is 84.9 Å². The number of β-lactam (4-membered cyclic amide) rings is 1. The van der Waals surface area contributed by atoms with Crippen molar-refractivity contribution in [3.63, 3.8) is 0 Å². The lowest BCUT2D eigenvalue weighted by molar-refractivity contribution is -0.153. The van der Waals surface area contributed by atoms with Crippen LogP contribution in [0.3, 0.4) is 0 Å². The molecular formula is C35H29FN2O5S2. The fraction of sp³-hybridized carbons (Fsp3) is 0.171. The van der Waals surface area contributed by atoms with Crippen LogP contribution >= 0.6 is 23.5 Å². The highest BCUT2D eigenvalue weighted by molar-refractivity contribution is 8.06. The molecule has 2 heterocycles. The molecule has 0 aromatic heterocycles. The molecule has 228 valence electrons. The van der Waals surface area contributed by atoms with E-state index < -0.39 is 29.1 Å². The summed E-state index contributed by atoms with van der Waals surface area (Å²) in [6.07, 6.45) is 0.133. The number of amides is 2. The summed E-state index contributed by atoms with van der Waals surface area (Å²) in [5.41, 5.74) is 3.26. The summed E-state index contributed by atoms with van der Waals surface area (Å²) in [6.45, 7) is -0.0263. The predicted octanol–water partition coefficient (Wildman–Crippen LogP) is 6.19. The van der Waals surface area contributed by atoms with Gasteiger partial charge in [-0.05, 0) is 46.5 Å². The van der Waals surface area contributed by atoms with Crippen LogP contribution < -0.4 is 10.1 Å². The monoisotopic (exact) mass is 640 g/mol. The fourth-order valence-electron chi connectivity index (χ4n) is 5.13. The number of nitrogens with zero attached hydrogens (tertiary/aromatic N) is 1. The normalized spacial score (nSPS) is 17.3. The van der Waals surface area contributed by atoms with Gasteiger partial charge >= 0.3 is 5.97 Å². The quantitative estimate of drug-likeness (QED) is 0.164. The van der Waals surface area contributed by atoms with Crippen LogP contribution in [0.5, 0.6) is 5.75 Å². The van der Waals surface area contributed by atoms with Crippen molar-refractivity contribution in [2.75, 3.05) is 12.9 Å². The van der Waals surface area contributed by atoms with Crippen LogP contribution in [-0.2, 0) is 32.1 Å². The summed E-state index contributed by atoms with van der Waals surface area (Å²) < 4.78 is 26.3. The third-order valence-electron chi connectivity index (χ3n) is 7.45. The van der Waals surface area contributed by atoms with Crippen LogP contribution in [-0.4, -0.2) is 47.0 Å². The Bertz CT molecular complexity index is 1750. The fourth-order valence-corrected chi connectivity index (χ4v) is 7.60. The van der Waals surface area contributed by atoms with Crippen LogP contribution in [0, 0.1) is 5.82 Å². The van der Waals surface area contributed by atoms with Gasteiger partial charge in [-0.15, -0.1) is 11.8 Å². The van der Waals surface area contributed by atoms with E-state index in [1.807, 2.05) is 66.7 Å². The lowest BCUT2D eigenvalue weighted by atomic mass is 10.0. The molecule has 1 saturated heterocycles. The number of esters is 1. The number of benzene rings is 4. The predicted molar refractivity (Wildman–Crippen MR) is 173 cm³/mol. The number of halogens is 1. The molecule has 1 fully saturated rings. The summed E-state index contributed by atoms with van der Waals surface area (Å²) in [6, 6.07) is 30.0. The van der Waals surface area contributed by atoms with E-state index in [0.717, 1.165) is 34.0 Å². The van der Waals surface area contributed by atoms with Crippen molar-refractivity contribution in [3.8, 4) is 16.9 Å². The highest BCUT2D eigenvalue weighted by Gasteiger charge is 2.54. The van der Waals surface area contributed by atoms with E-state index in [4.69, 9.17) is 9.47 Å². The van der Waals surface area contributed by atoms with Gasteiger partial charge in [-0.2, -0.15) is 0 Å². The molecule has 0 radical (unpaired) electrons. The Kier molecular flexibility index (Phi) is 9.23. The van der Waals surface area contributed by atoms with E-state index in [1.165, 1.54) is 22.7 Å². The largest absolute Gasteiger partial charge is 0.497 e. The number of methoxy groups -OCH3 is 1. The molecule has 2 amide bonds. The van der Waals surface area contributed by atoms with Gasteiger partial charge in [-0.25, -0.2) is 9.18 Å². The summed E-state index contributed by atoms with van der Waals surface area (Å²) in [5, 5.41) is 2.34. The number of fused-ring (bicyclic) bond motifs is 1. The molecule has 2 aliphatic rings. The number of ether oxygens (including phenoxy) is 2. The summed E-state index contributed by atoms with van der Waals surface area (Å²) in [4.78, 5) is 42.1. The van der Waals surface area contributed by atoms with Crippen molar-refractivity contribution in [1.82, 2.24) is 10.2 Å². The Morgan fingerprint density at radius 2 is 1.64 bits per heavy atom. The van der Waals surface area contributed by atoms with Crippen molar-refractivity contribution >= 4 is 41.3 Å². The average molecular weight is 641 g/mol. The number of carbonyl (C=O) groups excluding carboxylic acids is 3. The first kappa shape index (κ1) is 30.5. The van der Waals surface area contributed by atoms with E-state index >= 15 is 4.39 Å². The number of hydrogen-bond acceptors (Lipinski definition) is 7. The van der Waals surface area contributed by atoms with Gasteiger partial charge in [-0.1, -0.05) is 90.6 Å². The standard InChI is InChI=1S/C35H29FN2O5S2/c1-42-26-15-12-23(13-16-26)20-43-35(41)32-29(45-28-17-14-25(19-27(28)36)24-10-6-3-7-11-24)21-44-34-31(33(40)38(32)34)37-30(39)18-22-8-4-2-5-9-22/h2-17,19,31,34H,18,20-21H2,1H3,(H,37,39)/t31-,34+/m1/s1. The summed E-state index contributed by atoms with van der Waals surface area (Å²) >= 11 is 2.52. The van der Waals surface area contributed by atoms with Crippen LogP contribution in [0.2, 0.25) is 0 Å². The number of rotatable bonds is 10. The van der Waals surface area contributed by atoms with Crippen molar-refractivity contribution in [3.05, 3.63) is 131 Å². The minimum absolute atomic E-state index is 0.0263. The molecule has 0 spiro atoms. The first-order valence-corrected chi connectivity index (χ1v) is 16.1. The Morgan fingerprint density at radius 1 is 0.933 bits per heavy atom.